The van der Waals surface area contributed by atoms with Crippen LogP contribution in [0, 0.1) is 0 Å². The van der Waals surface area contributed by atoms with Gasteiger partial charge in [0.25, 0.3) is 5.95 Å². The quantitative estimate of drug-likeness (QED) is 0.331. The summed E-state index contributed by atoms with van der Waals surface area (Å²) in [6.45, 7) is 6.73. The van der Waals surface area contributed by atoms with Gasteiger partial charge in [0, 0.05) is 13.1 Å². The number of hydrazone groups is 1. The van der Waals surface area contributed by atoms with E-state index in [1.165, 1.54) is 0 Å². The number of hydrogen-bond donors (Lipinski definition) is 1. The molecule has 2 saturated heterocycles. The van der Waals surface area contributed by atoms with Crippen LogP contribution in [0.2, 0.25) is 0 Å². The van der Waals surface area contributed by atoms with Crippen LogP contribution in [-0.4, -0.2) is 73.6 Å². The number of nitrogens with two attached hydrogens (primary N) is 1. The summed E-state index contributed by atoms with van der Waals surface area (Å²) < 4.78 is 5.54. The Morgan fingerprint density at radius 3 is 2.03 bits per heavy atom. The van der Waals surface area contributed by atoms with Gasteiger partial charge in [-0.3, -0.25) is 0 Å². The minimum absolute atomic E-state index is 0. The fourth-order valence-corrected chi connectivity index (χ4v) is 3.90. The van der Waals surface area contributed by atoms with E-state index in [4.69, 9.17) is 24.8 Å². The van der Waals surface area contributed by atoms with Crippen molar-refractivity contribution < 1.29 is 22.5 Å². The van der Waals surface area contributed by atoms with Crippen LogP contribution in [0.15, 0.2) is 65.8 Å². The minimum Gasteiger partial charge on any atom is -1.00 e. The van der Waals surface area contributed by atoms with Crippen molar-refractivity contribution in [3.63, 3.8) is 0 Å². The molecule has 10 heteroatoms. The van der Waals surface area contributed by atoms with Gasteiger partial charge in [0.1, 0.15) is 0 Å². The third kappa shape index (κ3) is 5.80. The highest BCUT2D eigenvalue weighted by molar-refractivity contribution is 5.81. The Kier molecular flexibility index (Phi) is 8.24. The number of para-hydroxylation sites is 1. The van der Waals surface area contributed by atoms with Crippen LogP contribution < -0.4 is 32.5 Å². The Morgan fingerprint density at radius 2 is 1.38 bits per heavy atom. The summed E-state index contributed by atoms with van der Waals surface area (Å²) in [7, 11) is 0. The minimum atomic E-state index is 0. The van der Waals surface area contributed by atoms with Crippen LogP contribution in [0.4, 0.5) is 23.5 Å². The SMILES string of the molecule is C(=N\N(c1ccccc1)c1nc(N2CC[NH2+]CC2)nc(N2CCOCC2)n1)/c1ccccc1.[Cl-]. The average Bonchev–Trinajstić information content (AvgIpc) is 2.91. The Bertz CT molecular complexity index is 1020. The third-order valence-electron chi connectivity index (χ3n) is 5.70. The highest BCUT2D eigenvalue weighted by atomic mass is 35.5. The number of hydrogen-bond acceptors (Lipinski definition) is 8. The summed E-state index contributed by atoms with van der Waals surface area (Å²) in [5.74, 6) is 1.88. The van der Waals surface area contributed by atoms with Crippen LogP contribution in [-0.2, 0) is 4.74 Å². The molecule has 3 heterocycles. The van der Waals surface area contributed by atoms with Gasteiger partial charge in [-0.15, -0.1) is 0 Å². The molecule has 2 aliphatic rings. The van der Waals surface area contributed by atoms with E-state index in [1.807, 2.05) is 66.9 Å². The second kappa shape index (κ2) is 11.7. The standard InChI is InChI=1S/C24H28N8O.ClH/c1-3-7-20(8-4-1)19-26-32(21-9-5-2-6-10-21)24-28-22(30-13-11-25-12-14-30)27-23(29-24)31-15-17-33-18-16-31;/h1-10,19,25H,11-18H2;1H/b26-19+;. The number of nitrogens with zero attached hydrogens (tertiary/aromatic N) is 7. The summed E-state index contributed by atoms with van der Waals surface area (Å²) in [5.41, 5.74) is 1.90. The van der Waals surface area contributed by atoms with Gasteiger partial charge in [-0.25, -0.2) is 0 Å². The Labute approximate surface area is 205 Å². The molecule has 0 radical (unpaired) electrons. The molecular weight excluding hydrogens is 452 g/mol. The molecule has 2 aromatic carbocycles. The van der Waals surface area contributed by atoms with E-state index in [-0.39, 0.29) is 12.4 Å². The maximum atomic E-state index is 5.54. The fraction of sp³-hybridized carbons (Fsp3) is 0.333. The lowest BCUT2D eigenvalue weighted by atomic mass is 10.2. The summed E-state index contributed by atoms with van der Waals surface area (Å²) in [6.07, 6.45) is 1.83. The maximum Gasteiger partial charge on any atom is 0.257 e. The molecule has 0 bridgehead atoms. The van der Waals surface area contributed by atoms with E-state index in [0.29, 0.717) is 31.1 Å². The molecule has 34 heavy (non-hydrogen) atoms. The molecule has 0 amide bonds. The van der Waals surface area contributed by atoms with Crippen molar-refractivity contribution in [2.24, 2.45) is 5.10 Å². The number of rotatable bonds is 6. The molecule has 0 unspecified atom stereocenters. The number of morpholine rings is 1. The molecular formula is C24H29ClN8O. The first kappa shape index (κ1) is 23.9. The fourth-order valence-electron chi connectivity index (χ4n) is 3.90. The molecule has 0 atom stereocenters. The summed E-state index contributed by atoms with van der Waals surface area (Å²) in [6, 6.07) is 20.0. The van der Waals surface area contributed by atoms with Gasteiger partial charge < -0.3 is 32.3 Å². The number of anilines is 4. The van der Waals surface area contributed by atoms with Gasteiger partial charge in [-0.1, -0.05) is 48.5 Å². The van der Waals surface area contributed by atoms with Crippen LogP contribution in [0.3, 0.4) is 0 Å². The van der Waals surface area contributed by atoms with Crippen molar-refractivity contribution in [3.8, 4) is 0 Å². The van der Waals surface area contributed by atoms with Crippen molar-refractivity contribution in [1.82, 2.24) is 15.0 Å². The van der Waals surface area contributed by atoms with Gasteiger partial charge in [0.2, 0.25) is 11.9 Å². The van der Waals surface area contributed by atoms with Crippen molar-refractivity contribution in [2.45, 2.75) is 0 Å². The first-order valence-electron chi connectivity index (χ1n) is 11.5. The van der Waals surface area contributed by atoms with E-state index >= 15 is 0 Å². The molecule has 9 nitrogen and oxygen atoms in total. The van der Waals surface area contributed by atoms with Gasteiger partial charge in [0.15, 0.2) is 0 Å². The molecule has 0 saturated carbocycles. The van der Waals surface area contributed by atoms with Gasteiger partial charge in [-0.05, 0) is 17.7 Å². The predicted molar refractivity (Wildman–Crippen MR) is 129 cm³/mol. The Balaban J connectivity index is 0.00000274. The number of piperazine rings is 1. The van der Waals surface area contributed by atoms with E-state index in [1.54, 1.807) is 5.01 Å². The summed E-state index contributed by atoms with van der Waals surface area (Å²) in [5, 5.41) is 8.91. The monoisotopic (exact) mass is 480 g/mol. The zero-order valence-electron chi connectivity index (χ0n) is 19.0. The highest BCUT2D eigenvalue weighted by Gasteiger charge is 2.23. The second-order valence-electron chi connectivity index (χ2n) is 7.99. The highest BCUT2D eigenvalue weighted by Crippen LogP contribution is 2.26. The molecule has 2 aliphatic heterocycles. The van der Waals surface area contributed by atoms with Crippen LogP contribution in [0.25, 0.3) is 0 Å². The first-order chi connectivity index (χ1) is 16.4. The van der Waals surface area contributed by atoms with E-state index < -0.39 is 0 Å². The number of halogens is 1. The molecule has 2 fully saturated rings. The van der Waals surface area contributed by atoms with Crippen molar-refractivity contribution in [3.05, 3.63) is 66.2 Å². The normalized spacial score (nSPS) is 16.4. The average molecular weight is 481 g/mol. The number of aromatic nitrogens is 3. The predicted octanol–water partition coefficient (Wildman–Crippen LogP) is -1.73. The molecule has 178 valence electrons. The second-order valence-corrected chi connectivity index (χ2v) is 7.99. The van der Waals surface area contributed by atoms with Gasteiger partial charge >= 0.3 is 0 Å². The largest absolute Gasteiger partial charge is 1.00 e. The summed E-state index contributed by atoms with van der Waals surface area (Å²) in [4.78, 5) is 19.0. The van der Waals surface area contributed by atoms with Crippen LogP contribution in [0.5, 0.6) is 0 Å². The van der Waals surface area contributed by atoms with E-state index in [2.05, 4.69) is 15.1 Å². The number of ether oxygens (including phenoxy) is 1. The van der Waals surface area contributed by atoms with Gasteiger partial charge in [-0.2, -0.15) is 25.1 Å². The Morgan fingerprint density at radius 1 is 0.794 bits per heavy atom. The van der Waals surface area contributed by atoms with Crippen molar-refractivity contribution >= 4 is 29.7 Å². The first-order valence-corrected chi connectivity index (χ1v) is 11.5. The molecule has 5 rings (SSSR count). The van der Waals surface area contributed by atoms with Crippen molar-refractivity contribution in [1.29, 1.82) is 0 Å². The lowest BCUT2D eigenvalue weighted by molar-refractivity contribution is -0.655. The zero-order valence-corrected chi connectivity index (χ0v) is 19.8. The van der Waals surface area contributed by atoms with E-state index in [9.17, 15) is 0 Å². The lowest BCUT2D eigenvalue weighted by Gasteiger charge is -2.30. The zero-order chi connectivity index (χ0) is 22.3. The third-order valence-corrected chi connectivity index (χ3v) is 5.70. The molecule has 3 aromatic rings. The van der Waals surface area contributed by atoms with Crippen LogP contribution >= 0.6 is 0 Å². The smallest absolute Gasteiger partial charge is 0.257 e. The number of benzene rings is 2. The summed E-state index contributed by atoms with van der Waals surface area (Å²) >= 11 is 0. The van der Waals surface area contributed by atoms with Gasteiger partial charge in [0.05, 0.1) is 51.3 Å². The lowest BCUT2D eigenvalue weighted by Crippen LogP contribution is -3.00. The van der Waals surface area contributed by atoms with E-state index in [0.717, 1.165) is 50.5 Å². The topological polar surface area (TPSA) is 86.6 Å². The molecule has 1 aromatic heterocycles. The van der Waals surface area contributed by atoms with Crippen LogP contribution in [0.1, 0.15) is 5.56 Å². The molecule has 0 spiro atoms. The molecule has 0 aliphatic carbocycles. The molecule has 2 N–H and O–H groups in total. The maximum absolute atomic E-state index is 5.54. The Hall–Kier alpha value is -3.27. The van der Waals surface area contributed by atoms with Crippen molar-refractivity contribution in [2.75, 3.05) is 67.3 Å². The number of quaternary nitrogens is 1.